The standard InChI is InChI=1S/C25H30N4O4S/c1-26-11-12-33-19-5-3-17(4-6-19)22-14-24(21-8-7-20(32-2)13-23(21)28-22)29-15-18-9-10-27-34(30,31)25(18)16-29/h3-8,13-14,18,25-27H,9-12,15-16H2,1-2H3. The smallest absolute Gasteiger partial charge is 0.216 e. The number of likely N-dealkylation sites (N-methyl/N-ethyl adjacent to an activating group) is 1. The van der Waals surface area contributed by atoms with E-state index in [1.807, 2.05) is 49.5 Å². The Morgan fingerprint density at radius 2 is 1.91 bits per heavy atom. The Hall–Kier alpha value is -2.88. The van der Waals surface area contributed by atoms with Crippen LogP contribution in [0.15, 0.2) is 48.5 Å². The summed E-state index contributed by atoms with van der Waals surface area (Å²) in [5.74, 6) is 1.67. The topological polar surface area (TPSA) is 92.8 Å². The molecular weight excluding hydrogens is 452 g/mol. The zero-order chi connectivity index (χ0) is 23.7. The second-order valence-electron chi connectivity index (χ2n) is 8.82. The molecule has 2 N–H and O–H groups in total. The highest BCUT2D eigenvalue weighted by atomic mass is 32.2. The summed E-state index contributed by atoms with van der Waals surface area (Å²) in [7, 11) is 0.247. The van der Waals surface area contributed by atoms with Gasteiger partial charge in [0.2, 0.25) is 10.0 Å². The summed E-state index contributed by atoms with van der Waals surface area (Å²) in [4.78, 5) is 7.13. The SMILES string of the molecule is CNCCOc1ccc(-c2cc(N3CC4CCNS(=O)(=O)C4C3)c3ccc(OC)cc3n2)cc1. The van der Waals surface area contributed by atoms with Crippen molar-refractivity contribution in [2.75, 3.05) is 51.8 Å². The van der Waals surface area contributed by atoms with E-state index in [0.29, 0.717) is 26.2 Å². The van der Waals surface area contributed by atoms with E-state index in [1.165, 1.54) is 0 Å². The fraction of sp³-hybridized carbons (Fsp3) is 0.400. The van der Waals surface area contributed by atoms with Gasteiger partial charge in [-0.3, -0.25) is 0 Å². The molecule has 0 amide bonds. The summed E-state index contributed by atoms with van der Waals surface area (Å²) < 4.78 is 39.1. The van der Waals surface area contributed by atoms with Crippen LogP contribution in [0.25, 0.3) is 22.2 Å². The van der Waals surface area contributed by atoms with Gasteiger partial charge >= 0.3 is 0 Å². The predicted molar refractivity (Wildman–Crippen MR) is 134 cm³/mol. The van der Waals surface area contributed by atoms with Crippen molar-refractivity contribution in [2.24, 2.45) is 5.92 Å². The summed E-state index contributed by atoms with van der Waals surface area (Å²) in [6.07, 6.45) is 0.860. The summed E-state index contributed by atoms with van der Waals surface area (Å²) >= 11 is 0. The van der Waals surface area contributed by atoms with Crippen molar-refractivity contribution in [1.29, 1.82) is 0 Å². The van der Waals surface area contributed by atoms with Gasteiger partial charge in [0, 0.05) is 48.9 Å². The van der Waals surface area contributed by atoms with Gasteiger partial charge in [0.05, 0.1) is 23.6 Å². The average Bonchev–Trinajstić information content (AvgIpc) is 3.29. The number of ether oxygens (including phenoxy) is 2. The Bertz CT molecular complexity index is 1280. The number of nitrogens with one attached hydrogen (secondary N) is 2. The number of fused-ring (bicyclic) bond motifs is 2. The van der Waals surface area contributed by atoms with Gasteiger partial charge in [-0.05, 0) is 61.9 Å². The molecule has 8 nitrogen and oxygen atoms in total. The first-order chi connectivity index (χ1) is 16.5. The van der Waals surface area contributed by atoms with E-state index in [0.717, 1.165) is 52.3 Å². The summed E-state index contributed by atoms with van der Waals surface area (Å²) in [6, 6.07) is 15.8. The number of hydrogen-bond donors (Lipinski definition) is 2. The number of anilines is 1. The van der Waals surface area contributed by atoms with Crippen molar-refractivity contribution in [3.05, 3.63) is 48.5 Å². The van der Waals surface area contributed by atoms with Crippen LogP contribution in [0.3, 0.4) is 0 Å². The second kappa shape index (κ2) is 9.40. The molecule has 180 valence electrons. The van der Waals surface area contributed by atoms with E-state index in [-0.39, 0.29) is 11.2 Å². The molecule has 2 unspecified atom stereocenters. The summed E-state index contributed by atoms with van der Waals surface area (Å²) in [6.45, 7) is 3.09. The molecule has 2 saturated heterocycles. The Morgan fingerprint density at radius 3 is 2.65 bits per heavy atom. The molecule has 2 fully saturated rings. The molecule has 2 aromatic carbocycles. The number of hydrogen-bond acceptors (Lipinski definition) is 7. The Kier molecular flexibility index (Phi) is 6.33. The third kappa shape index (κ3) is 4.43. The first kappa shape index (κ1) is 22.9. The molecule has 1 aromatic heterocycles. The fourth-order valence-electron chi connectivity index (χ4n) is 4.88. The van der Waals surface area contributed by atoms with Crippen LogP contribution in [-0.2, 0) is 10.0 Å². The van der Waals surface area contributed by atoms with Crippen LogP contribution < -0.4 is 24.4 Å². The van der Waals surface area contributed by atoms with Crippen molar-refractivity contribution >= 4 is 26.6 Å². The van der Waals surface area contributed by atoms with Crippen LogP contribution in [0.2, 0.25) is 0 Å². The fourth-order valence-corrected chi connectivity index (χ4v) is 6.60. The zero-order valence-electron chi connectivity index (χ0n) is 19.5. The quantitative estimate of drug-likeness (QED) is 0.500. The maximum Gasteiger partial charge on any atom is 0.216 e. The third-order valence-corrected chi connectivity index (χ3v) is 8.64. The molecule has 2 atom stereocenters. The lowest BCUT2D eigenvalue weighted by Crippen LogP contribution is -2.45. The van der Waals surface area contributed by atoms with Gasteiger partial charge in [0.25, 0.3) is 0 Å². The number of sulfonamides is 1. The predicted octanol–water partition coefficient (Wildman–Crippen LogP) is 2.64. The van der Waals surface area contributed by atoms with Crippen molar-refractivity contribution < 1.29 is 17.9 Å². The molecule has 5 rings (SSSR count). The first-order valence-corrected chi connectivity index (χ1v) is 13.1. The van der Waals surface area contributed by atoms with Crippen molar-refractivity contribution in [3.63, 3.8) is 0 Å². The molecule has 0 saturated carbocycles. The minimum atomic E-state index is -3.29. The molecule has 2 aliphatic rings. The highest BCUT2D eigenvalue weighted by Gasteiger charge is 2.44. The van der Waals surface area contributed by atoms with E-state index in [1.54, 1.807) is 7.11 Å². The maximum atomic E-state index is 12.6. The molecular formula is C25H30N4O4S. The van der Waals surface area contributed by atoms with Gasteiger partial charge in [-0.15, -0.1) is 0 Å². The number of pyridine rings is 1. The first-order valence-electron chi connectivity index (χ1n) is 11.6. The van der Waals surface area contributed by atoms with Gasteiger partial charge in [-0.2, -0.15) is 0 Å². The van der Waals surface area contributed by atoms with Gasteiger partial charge in [-0.1, -0.05) is 0 Å². The molecule has 0 spiro atoms. The minimum Gasteiger partial charge on any atom is -0.497 e. The Labute approximate surface area is 200 Å². The highest BCUT2D eigenvalue weighted by molar-refractivity contribution is 7.90. The molecule has 34 heavy (non-hydrogen) atoms. The summed E-state index contributed by atoms with van der Waals surface area (Å²) in [5.41, 5.74) is 3.62. The van der Waals surface area contributed by atoms with Crippen LogP contribution in [0, 0.1) is 5.92 Å². The lowest BCUT2D eigenvalue weighted by atomic mass is 10.0. The monoisotopic (exact) mass is 482 g/mol. The molecule has 0 radical (unpaired) electrons. The normalized spacial score (nSPS) is 21.4. The third-order valence-electron chi connectivity index (χ3n) is 6.70. The van der Waals surface area contributed by atoms with Crippen molar-refractivity contribution in [1.82, 2.24) is 15.0 Å². The lowest BCUT2D eigenvalue weighted by molar-refractivity contribution is 0.318. The van der Waals surface area contributed by atoms with Crippen LogP contribution in [0.5, 0.6) is 11.5 Å². The molecule has 0 aliphatic carbocycles. The van der Waals surface area contributed by atoms with Crippen LogP contribution in [0.4, 0.5) is 5.69 Å². The molecule has 0 bridgehead atoms. The highest BCUT2D eigenvalue weighted by Crippen LogP contribution is 2.38. The maximum absolute atomic E-state index is 12.6. The van der Waals surface area contributed by atoms with E-state index < -0.39 is 10.0 Å². The zero-order valence-corrected chi connectivity index (χ0v) is 20.3. The average molecular weight is 483 g/mol. The largest absolute Gasteiger partial charge is 0.497 e. The molecule has 9 heteroatoms. The molecule has 3 aromatic rings. The lowest BCUT2D eigenvalue weighted by Gasteiger charge is -2.24. The van der Waals surface area contributed by atoms with Crippen LogP contribution in [0.1, 0.15) is 6.42 Å². The number of methoxy groups -OCH3 is 1. The van der Waals surface area contributed by atoms with Gasteiger partial charge < -0.3 is 19.7 Å². The summed E-state index contributed by atoms with van der Waals surface area (Å²) in [5, 5.41) is 3.66. The van der Waals surface area contributed by atoms with Crippen molar-refractivity contribution in [3.8, 4) is 22.8 Å². The second-order valence-corrected chi connectivity index (χ2v) is 10.8. The Balaban J connectivity index is 1.53. The minimum absolute atomic E-state index is 0.130. The van der Waals surface area contributed by atoms with E-state index in [2.05, 4.69) is 21.0 Å². The van der Waals surface area contributed by atoms with E-state index in [4.69, 9.17) is 14.5 Å². The Morgan fingerprint density at radius 1 is 1.12 bits per heavy atom. The number of rotatable bonds is 7. The number of nitrogens with zero attached hydrogens (tertiary/aromatic N) is 2. The van der Waals surface area contributed by atoms with Crippen LogP contribution in [-0.4, -0.2) is 65.6 Å². The van der Waals surface area contributed by atoms with Gasteiger partial charge in [0.15, 0.2) is 0 Å². The van der Waals surface area contributed by atoms with E-state index >= 15 is 0 Å². The van der Waals surface area contributed by atoms with Crippen molar-refractivity contribution in [2.45, 2.75) is 11.7 Å². The van der Waals surface area contributed by atoms with Crippen LogP contribution >= 0.6 is 0 Å². The van der Waals surface area contributed by atoms with E-state index in [9.17, 15) is 8.42 Å². The molecule has 3 heterocycles. The van der Waals surface area contributed by atoms with Gasteiger partial charge in [0.1, 0.15) is 18.1 Å². The van der Waals surface area contributed by atoms with Gasteiger partial charge in [-0.25, -0.2) is 18.1 Å². The number of benzene rings is 2. The number of aromatic nitrogens is 1. The molecule has 2 aliphatic heterocycles.